The molecular formula is C52H35N3. The van der Waals surface area contributed by atoms with Crippen molar-refractivity contribution in [2.24, 2.45) is 0 Å². The van der Waals surface area contributed by atoms with E-state index in [9.17, 15) is 0 Å². The zero-order valence-corrected chi connectivity index (χ0v) is 30.6. The molecule has 3 heteroatoms. The Bertz CT molecular complexity index is 3020. The van der Waals surface area contributed by atoms with Gasteiger partial charge in [0.1, 0.15) is 0 Å². The molecule has 0 atom stereocenters. The maximum Gasteiger partial charge on any atom is 0.164 e. The molecule has 0 aliphatic heterocycles. The fraction of sp³-hybridized carbons (Fsp3) is 0.0577. The Labute approximate surface area is 320 Å². The lowest BCUT2D eigenvalue weighted by molar-refractivity contribution is 0.660. The van der Waals surface area contributed by atoms with Gasteiger partial charge < -0.3 is 0 Å². The maximum absolute atomic E-state index is 5.04. The summed E-state index contributed by atoms with van der Waals surface area (Å²) in [5, 5.41) is 7.86. The van der Waals surface area contributed by atoms with Crippen LogP contribution in [-0.4, -0.2) is 15.0 Å². The molecule has 0 fully saturated rings. The number of benzene rings is 9. The Morgan fingerprint density at radius 2 is 0.855 bits per heavy atom. The lowest BCUT2D eigenvalue weighted by Crippen LogP contribution is -2.15. The molecule has 1 aromatic heterocycles. The first-order chi connectivity index (χ1) is 27.0. The summed E-state index contributed by atoms with van der Waals surface area (Å²) in [7, 11) is 0. The van der Waals surface area contributed by atoms with Gasteiger partial charge in [0.2, 0.25) is 0 Å². The third-order valence-corrected chi connectivity index (χ3v) is 11.7. The molecule has 0 radical (unpaired) electrons. The SMILES string of the molecule is CC1(C)c2cc(-c3nc(-c4ccccc4)nc(-c4ccccc4)n3)ccc2-c2c(-c3ccc(-c4ccc5ccc6cccc7ccc4c5c67)cc3)cccc21. The van der Waals surface area contributed by atoms with Crippen molar-refractivity contribution in [3.63, 3.8) is 0 Å². The van der Waals surface area contributed by atoms with E-state index in [0.29, 0.717) is 17.5 Å². The van der Waals surface area contributed by atoms with E-state index in [1.807, 2.05) is 36.4 Å². The molecule has 0 unspecified atom stereocenters. The van der Waals surface area contributed by atoms with Crippen molar-refractivity contribution in [2.75, 3.05) is 0 Å². The molecule has 55 heavy (non-hydrogen) atoms. The summed E-state index contributed by atoms with van der Waals surface area (Å²) in [5.41, 5.74) is 12.8. The van der Waals surface area contributed by atoms with Crippen molar-refractivity contribution in [3.8, 4) is 67.5 Å². The standard InChI is InChI=1S/C52H35N3/c1-52(2)44-18-10-17-41(33-21-19-32(20-22-33)40-28-25-36-24-23-34-15-9-16-35-26-29-42(40)47(36)46(34)35)48(44)43-30-27-39(31-45(43)52)51-54-49(37-11-5-3-6-12-37)53-50(55-51)38-13-7-4-8-14-38/h3-31H,1-2H3. The molecule has 1 aliphatic carbocycles. The molecule has 0 N–H and O–H groups in total. The van der Waals surface area contributed by atoms with Crippen LogP contribution in [0.15, 0.2) is 176 Å². The Balaban J connectivity index is 1.00. The van der Waals surface area contributed by atoms with Gasteiger partial charge in [-0.15, -0.1) is 0 Å². The van der Waals surface area contributed by atoms with Gasteiger partial charge in [0.25, 0.3) is 0 Å². The average molecular weight is 702 g/mol. The van der Waals surface area contributed by atoms with Gasteiger partial charge in [-0.05, 0) is 82.9 Å². The van der Waals surface area contributed by atoms with Crippen molar-refractivity contribution >= 4 is 32.3 Å². The van der Waals surface area contributed by atoms with Gasteiger partial charge in [0.05, 0.1) is 0 Å². The second-order valence-corrected chi connectivity index (χ2v) is 15.2. The van der Waals surface area contributed by atoms with E-state index >= 15 is 0 Å². The second kappa shape index (κ2) is 12.0. The molecule has 3 nitrogen and oxygen atoms in total. The predicted octanol–water partition coefficient (Wildman–Crippen LogP) is 13.4. The predicted molar refractivity (Wildman–Crippen MR) is 228 cm³/mol. The van der Waals surface area contributed by atoms with Crippen LogP contribution in [0.25, 0.3) is 99.9 Å². The van der Waals surface area contributed by atoms with E-state index in [1.165, 1.54) is 76.8 Å². The highest BCUT2D eigenvalue weighted by Crippen LogP contribution is 2.53. The minimum atomic E-state index is -0.212. The van der Waals surface area contributed by atoms with E-state index in [0.717, 1.165) is 16.7 Å². The number of nitrogens with zero attached hydrogens (tertiary/aromatic N) is 3. The fourth-order valence-electron chi connectivity index (χ4n) is 8.92. The minimum absolute atomic E-state index is 0.212. The molecule has 11 rings (SSSR count). The summed E-state index contributed by atoms with van der Waals surface area (Å²) in [4.78, 5) is 15.0. The minimum Gasteiger partial charge on any atom is -0.208 e. The first kappa shape index (κ1) is 31.5. The summed E-state index contributed by atoms with van der Waals surface area (Å²) in [6.07, 6.45) is 0. The first-order valence-electron chi connectivity index (χ1n) is 18.9. The lowest BCUT2D eigenvalue weighted by atomic mass is 9.81. The molecule has 0 spiro atoms. The number of fused-ring (bicyclic) bond motifs is 3. The Morgan fingerprint density at radius 1 is 0.345 bits per heavy atom. The monoisotopic (exact) mass is 701 g/mol. The Morgan fingerprint density at radius 3 is 1.51 bits per heavy atom. The van der Waals surface area contributed by atoms with E-state index in [4.69, 9.17) is 15.0 Å². The molecule has 0 saturated heterocycles. The highest BCUT2D eigenvalue weighted by Gasteiger charge is 2.37. The Hall–Kier alpha value is -6.97. The number of hydrogen-bond acceptors (Lipinski definition) is 3. The average Bonchev–Trinajstić information content (AvgIpc) is 3.48. The zero-order chi connectivity index (χ0) is 36.7. The van der Waals surface area contributed by atoms with Crippen LogP contribution >= 0.6 is 0 Å². The van der Waals surface area contributed by atoms with Crippen molar-refractivity contribution in [1.29, 1.82) is 0 Å². The second-order valence-electron chi connectivity index (χ2n) is 15.2. The zero-order valence-electron chi connectivity index (χ0n) is 30.6. The summed E-state index contributed by atoms with van der Waals surface area (Å²) in [6.45, 7) is 4.67. The molecule has 1 aliphatic rings. The normalized spacial score (nSPS) is 13.1. The highest BCUT2D eigenvalue weighted by atomic mass is 15.0. The summed E-state index contributed by atoms with van der Waals surface area (Å²) in [6, 6.07) is 63.2. The third kappa shape index (κ3) is 4.93. The van der Waals surface area contributed by atoms with Gasteiger partial charge in [-0.1, -0.05) is 184 Å². The summed E-state index contributed by atoms with van der Waals surface area (Å²) in [5.74, 6) is 2.01. The Kier molecular flexibility index (Phi) is 6.90. The van der Waals surface area contributed by atoms with Crippen molar-refractivity contribution in [3.05, 3.63) is 187 Å². The lowest BCUT2D eigenvalue weighted by Gasteiger charge is -2.22. The van der Waals surface area contributed by atoms with Crippen molar-refractivity contribution in [2.45, 2.75) is 19.3 Å². The van der Waals surface area contributed by atoms with Crippen molar-refractivity contribution < 1.29 is 0 Å². The van der Waals surface area contributed by atoms with Crippen LogP contribution in [0.5, 0.6) is 0 Å². The summed E-state index contributed by atoms with van der Waals surface area (Å²) < 4.78 is 0. The van der Waals surface area contributed by atoms with Crippen LogP contribution in [0.2, 0.25) is 0 Å². The smallest absolute Gasteiger partial charge is 0.164 e. The summed E-state index contributed by atoms with van der Waals surface area (Å²) >= 11 is 0. The third-order valence-electron chi connectivity index (χ3n) is 11.7. The van der Waals surface area contributed by atoms with E-state index in [-0.39, 0.29) is 5.41 Å². The van der Waals surface area contributed by atoms with E-state index in [2.05, 4.69) is 153 Å². The number of rotatable bonds is 5. The van der Waals surface area contributed by atoms with Crippen molar-refractivity contribution in [1.82, 2.24) is 15.0 Å². The van der Waals surface area contributed by atoms with Gasteiger partial charge in [0.15, 0.2) is 17.5 Å². The van der Waals surface area contributed by atoms with Gasteiger partial charge >= 0.3 is 0 Å². The molecule has 9 aromatic carbocycles. The van der Waals surface area contributed by atoms with E-state index < -0.39 is 0 Å². The largest absolute Gasteiger partial charge is 0.208 e. The fourth-order valence-corrected chi connectivity index (χ4v) is 8.92. The van der Waals surface area contributed by atoms with Gasteiger partial charge in [-0.3, -0.25) is 0 Å². The van der Waals surface area contributed by atoms with Crippen LogP contribution < -0.4 is 0 Å². The van der Waals surface area contributed by atoms with Crippen LogP contribution in [0, 0.1) is 0 Å². The van der Waals surface area contributed by atoms with Crippen LogP contribution in [-0.2, 0) is 5.41 Å². The van der Waals surface area contributed by atoms with Gasteiger partial charge in [-0.2, -0.15) is 0 Å². The number of hydrogen-bond donors (Lipinski definition) is 0. The van der Waals surface area contributed by atoms with E-state index in [1.54, 1.807) is 0 Å². The quantitative estimate of drug-likeness (QED) is 0.168. The molecule has 1 heterocycles. The van der Waals surface area contributed by atoms with Gasteiger partial charge in [-0.25, -0.2) is 15.0 Å². The molecule has 0 bridgehead atoms. The maximum atomic E-state index is 5.04. The molecule has 10 aromatic rings. The molecule has 0 amide bonds. The molecule has 258 valence electrons. The molecular weight excluding hydrogens is 667 g/mol. The van der Waals surface area contributed by atoms with Gasteiger partial charge in [0, 0.05) is 22.1 Å². The number of aromatic nitrogens is 3. The first-order valence-corrected chi connectivity index (χ1v) is 18.9. The van der Waals surface area contributed by atoms with Crippen LogP contribution in [0.1, 0.15) is 25.0 Å². The van der Waals surface area contributed by atoms with Crippen LogP contribution in [0.3, 0.4) is 0 Å². The van der Waals surface area contributed by atoms with Crippen LogP contribution in [0.4, 0.5) is 0 Å². The molecule has 0 saturated carbocycles. The topological polar surface area (TPSA) is 38.7 Å². The highest BCUT2D eigenvalue weighted by molar-refractivity contribution is 6.25.